The van der Waals surface area contributed by atoms with Gasteiger partial charge in [-0.05, 0) is 18.2 Å². The minimum absolute atomic E-state index is 0.0691. The van der Waals surface area contributed by atoms with Crippen LogP contribution in [-0.2, 0) is 16.6 Å². The Bertz CT molecular complexity index is 796. The summed E-state index contributed by atoms with van der Waals surface area (Å²) in [6.45, 7) is 0.235. The van der Waals surface area contributed by atoms with Gasteiger partial charge in [-0.15, -0.1) is 0 Å². The van der Waals surface area contributed by atoms with Gasteiger partial charge in [0.1, 0.15) is 5.75 Å². The van der Waals surface area contributed by atoms with Crippen LogP contribution in [0.3, 0.4) is 0 Å². The van der Waals surface area contributed by atoms with Crippen LogP contribution in [0.2, 0.25) is 0 Å². The Hall–Kier alpha value is -2.32. The topological polar surface area (TPSA) is 88.8 Å². The van der Waals surface area contributed by atoms with Crippen LogP contribution in [0.25, 0.3) is 0 Å². The number of methoxy groups -OCH3 is 1. The molecule has 1 heterocycles. The van der Waals surface area contributed by atoms with Gasteiger partial charge in [0.15, 0.2) is 5.76 Å². The summed E-state index contributed by atoms with van der Waals surface area (Å²) >= 11 is 0. The van der Waals surface area contributed by atoms with Crippen molar-refractivity contribution in [3.8, 4) is 5.75 Å². The lowest BCUT2D eigenvalue weighted by Crippen LogP contribution is -2.23. The third-order valence-electron chi connectivity index (χ3n) is 3.17. The van der Waals surface area contributed by atoms with Gasteiger partial charge < -0.3 is 14.5 Å². The third-order valence-corrected chi connectivity index (χ3v) is 4.86. The van der Waals surface area contributed by atoms with E-state index in [1.165, 1.54) is 26.2 Å². The number of para-hydroxylation sites is 1. The van der Waals surface area contributed by atoms with Crippen molar-refractivity contribution in [3.63, 3.8) is 0 Å². The monoisotopic (exact) mass is 338 g/mol. The van der Waals surface area contributed by atoms with Gasteiger partial charge in [-0.2, -0.15) is 0 Å². The zero-order valence-corrected chi connectivity index (χ0v) is 13.9. The van der Waals surface area contributed by atoms with Gasteiger partial charge in [0.2, 0.25) is 5.09 Å². The van der Waals surface area contributed by atoms with E-state index in [0.717, 1.165) is 9.87 Å². The van der Waals surface area contributed by atoms with Crippen LogP contribution in [0.5, 0.6) is 5.75 Å². The Morgan fingerprint density at radius 3 is 2.57 bits per heavy atom. The van der Waals surface area contributed by atoms with Crippen LogP contribution in [0.15, 0.2) is 45.9 Å². The van der Waals surface area contributed by atoms with Crippen LogP contribution < -0.4 is 10.1 Å². The second kappa shape index (κ2) is 6.84. The zero-order valence-electron chi connectivity index (χ0n) is 13.1. The van der Waals surface area contributed by atoms with Gasteiger partial charge in [-0.3, -0.25) is 4.79 Å². The normalized spacial score (nSPS) is 11.5. The summed E-state index contributed by atoms with van der Waals surface area (Å²) in [4.78, 5) is 12.1. The molecule has 0 saturated carbocycles. The number of carbonyl (C=O) groups is 1. The Kier molecular flexibility index (Phi) is 5.07. The minimum atomic E-state index is -3.70. The van der Waals surface area contributed by atoms with Crippen molar-refractivity contribution in [2.24, 2.45) is 0 Å². The molecule has 1 aromatic carbocycles. The molecule has 0 bridgehead atoms. The first-order valence-corrected chi connectivity index (χ1v) is 8.22. The maximum atomic E-state index is 12.1. The standard InChI is InChI=1S/C15H18N2O5S/c1-17(2)23(19,20)14-9-8-13(22-14)15(18)16-10-11-6-4-5-7-12(11)21-3/h4-9H,10H2,1-3H3,(H,16,18). The number of carbonyl (C=O) groups excluding carboxylic acids is 1. The largest absolute Gasteiger partial charge is 0.496 e. The van der Waals surface area contributed by atoms with E-state index >= 15 is 0 Å². The molecule has 1 aromatic heterocycles. The maximum absolute atomic E-state index is 12.1. The van der Waals surface area contributed by atoms with Crippen molar-refractivity contribution in [1.82, 2.24) is 9.62 Å². The van der Waals surface area contributed by atoms with Gasteiger partial charge in [-0.25, -0.2) is 12.7 Å². The second-order valence-electron chi connectivity index (χ2n) is 4.90. The molecular formula is C15H18N2O5S. The fraction of sp³-hybridized carbons (Fsp3) is 0.267. The summed E-state index contributed by atoms with van der Waals surface area (Å²) in [6.07, 6.45) is 0. The predicted molar refractivity (Wildman–Crippen MR) is 83.7 cm³/mol. The molecule has 23 heavy (non-hydrogen) atoms. The van der Waals surface area contributed by atoms with E-state index in [2.05, 4.69) is 5.32 Å². The van der Waals surface area contributed by atoms with Crippen molar-refractivity contribution in [2.45, 2.75) is 11.6 Å². The molecule has 8 heteroatoms. The minimum Gasteiger partial charge on any atom is -0.496 e. The second-order valence-corrected chi connectivity index (χ2v) is 6.98. The zero-order chi connectivity index (χ0) is 17.0. The van der Waals surface area contributed by atoms with Crippen molar-refractivity contribution >= 4 is 15.9 Å². The van der Waals surface area contributed by atoms with E-state index in [9.17, 15) is 13.2 Å². The van der Waals surface area contributed by atoms with E-state index in [1.54, 1.807) is 13.2 Å². The summed E-state index contributed by atoms with van der Waals surface area (Å²) in [5, 5.41) is 2.39. The molecule has 0 unspecified atom stereocenters. The fourth-order valence-electron chi connectivity index (χ4n) is 1.87. The first kappa shape index (κ1) is 17.0. The highest BCUT2D eigenvalue weighted by Crippen LogP contribution is 2.19. The van der Waals surface area contributed by atoms with Gasteiger partial charge in [0.25, 0.3) is 15.9 Å². The van der Waals surface area contributed by atoms with Crippen molar-refractivity contribution in [2.75, 3.05) is 21.2 Å². The Morgan fingerprint density at radius 2 is 1.91 bits per heavy atom. The van der Waals surface area contributed by atoms with Crippen molar-refractivity contribution < 1.29 is 22.4 Å². The number of nitrogens with one attached hydrogen (secondary N) is 1. The number of rotatable bonds is 6. The number of nitrogens with zero attached hydrogens (tertiary/aromatic N) is 1. The quantitative estimate of drug-likeness (QED) is 0.861. The molecule has 2 aromatic rings. The van der Waals surface area contributed by atoms with Crippen molar-refractivity contribution in [3.05, 3.63) is 47.7 Å². The molecule has 0 aliphatic rings. The number of sulfonamides is 1. The maximum Gasteiger partial charge on any atom is 0.287 e. The molecule has 1 N–H and O–H groups in total. The molecule has 2 rings (SSSR count). The summed E-state index contributed by atoms with van der Waals surface area (Å²) in [5.74, 6) is 0.0829. The van der Waals surface area contributed by atoms with Gasteiger partial charge in [0.05, 0.1) is 7.11 Å². The lowest BCUT2D eigenvalue weighted by atomic mass is 10.2. The average molecular weight is 338 g/mol. The smallest absolute Gasteiger partial charge is 0.287 e. The van der Waals surface area contributed by atoms with E-state index in [1.807, 2.05) is 18.2 Å². The van der Waals surface area contributed by atoms with E-state index in [4.69, 9.17) is 9.15 Å². The average Bonchev–Trinajstić information content (AvgIpc) is 3.03. The fourth-order valence-corrected chi connectivity index (χ4v) is 2.67. The lowest BCUT2D eigenvalue weighted by Gasteiger charge is -2.09. The molecule has 1 amide bonds. The van der Waals surface area contributed by atoms with Crippen LogP contribution in [-0.4, -0.2) is 39.8 Å². The molecule has 0 spiro atoms. The lowest BCUT2D eigenvalue weighted by molar-refractivity contribution is 0.0917. The van der Waals surface area contributed by atoms with Crippen LogP contribution >= 0.6 is 0 Å². The van der Waals surface area contributed by atoms with E-state index < -0.39 is 15.9 Å². The number of ether oxygens (including phenoxy) is 1. The number of benzene rings is 1. The first-order valence-electron chi connectivity index (χ1n) is 6.78. The molecule has 0 aliphatic carbocycles. The number of hydrogen-bond acceptors (Lipinski definition) is 5. The Balaban J connectivity index is 2.09. The molecule has 0 fully saturated rings. The van der Waals surface area contributed by atoms with Crippen molar-refractivity contribution in [1.29, 1.82) is 0 Å². The highest BCUT2D eigenvalue weighted by Gasteiger charge is 2.23. The molecule has 0 radical (unpaired) electrons. The van der Waals surface area contributed by atoms with Gasteiger partial charge in [-0.1, -0.05) is 18.2 Å². The van der Waals surface area contributed by atoms with Crippen LogP contribution in [0.4, 0.5) is 0 Å². The van der Waals surface area contributed by atoms with Crippen LogP contribution in [0.1, 0.15) is 16.1 Å². The Labute approximate surface area is 134 Å². The van der Waals surface area contributed by atoms with Crippen LogP contribution in [0, 0.1) is 0 Å². The number of hydrogen-bond donors (Lipinski definition) is 1. The SMILES string of the molecule is COc1ccccc1CNC(=O)c1ccc(S(=O)(=O)N(C)C)o1. The van der Waals surface area contributed by atoms with Gasteiger partial charge in [0, 0.05) is 26.2 Å². The molecule has 0 aliphatic heterocycles. The predicted octanol–water partition coefficient (Wildman–Crippen LogP) is 1.47. The highest BCUT2D eigenvalue weighted by molar-refractivity contribution is 7.88. The van der Waals surface area contributed by atoms with E-state index in [-0.39, 0.29) is 17.4 Å². The summed E-state index contributed by atoms with van der Waals surface area (Å²) in [7, 11) is 0.623. The highest BCUT2D eigenvalue weighted by atomic mass is 32.2. The molecule has 0 saturated heterocycles. The molecule has 124 valence electrons. The molecular weight excluding hydrogens is 320 g/mol. The molecule has 0 atom stereocenters. The summed E-state index contributed by atoms with van der Waals surface area (Å²) in [5.41, 5.74) is 0.802. The number of amides is 1. The molecule has 7 nitrogen and oxygen atoms in total. The Morgan fingerprint density at radius 1 is 1.22 bits per heavy atom. The summed E-state index contributed by atoms with van der Waals surface area (Å²) in [6, 6.07) is 9.86. The summed E-state index contributed by atoms with van der Waals surface area (Å²) < 4.78 is 35.2. The number of furan rings is 1. The van der Waals surface area contributed by atoms with Gasteiger partial charge >= 0.3 is 0 Å². The third kappa shape index (κ3) is 3.72. The van der Waals surface area contributed by atoms with E-state index in [0.29, 0.717) is 5.75 Å². The first-order chi connectivity index (χ1) is 10.9.